The molecule has 0 saturated heterocycles. The molecule has 2 unspecified atom stereocenters. The van der Waals surface area contributed by atoms with Gasteiger partial charge in [0.1, 0.15) is 7.17 Å². The second kappa shape index (κ2) is 5.70. The predicted molar refractivity (Wildman–Crippen MR) is 56.5 cm³/mol. The minimum absolute atomic E-state index is 0.412. The Morgan fingerprint density at radius 1 is 1.27 bits per heavy atom. The molecule has 2 atom stereocenters. The Bertz CT molecular complexity index is 98.1. The quantitative estimate of drug-likeness (QED) is 0.599. The highest BCUT2D eigenvalue weighted by atomic mass is 14.4. The van der Waals surface area contributed by atoms with E-state index < -0.39 is 0 Å². The maximum Gasteiger partial charge on any atom is 0.180 e. The van der Waals surface area contributed by atoms with Crippen LogP contribution in [0.1, 0.15) is 40.5 Å². The summed E-state index contributed by atoms with van der Waals surface area (Å²) in [6, 6.07) is 0. The van der Waals surface area contributed by atoms with Crippen molar-refractivity contribution in [3.63, 3.8) is 0 Å². The highest BCUT2D eigenvalue weighted by Gasteiger charge is 2.18. The average molecular weight is 153 g/mol. The van der Waals surface area contributed by atoms with Gasteiger partial charge in [0.25, 0.3) is 0 Å². The number of hydrogen-bond acceptors (Lipinski definition) is 1. The molecule has 0 heterocycles. The van der Waals surface area contributed by atoms with Gasteiger partial charge in [-0.1, -0.05) is 52.2 Å². The van der Waals surface area contributed by atoms with Crippen LogP contribution in [0.3, 0.4) is 0 Å². The molecule has 0 fully saturated rings. The fourth-order valence-corrected chi connectivity index (χ4v) is 1.17. The lowest BCUT2D eigenvalue weighted by atomic mass is 9.21. The minimum Gasteiger partial charge on any atom is -0.376 e. The maximum atomic E-state index is 6.00. The Hall–Kier alpha value is 0.0899. The first-order valence-electron chi connectivity index (χ1n) is 4.87. The van der Waals surface area contributed by atoms with Crippen molar-refractivity contribution in [2.45, 2.75) is 52.2 Å². The monoisotopic (exact) mass is 153 g/mol. The molecule has 0 amide bonds. The van der Waals surface area contributed by atoms with E-state index in [-0.39, 0.29) is 0 Å². The van der Waals surface area contributed by atoms with Crippen molar-refractivity contribution in [2.75, 3.05) is 0 Å². The highest BCUT2D eigenvalue weighted by molar-refractivity contribution is 7.12. The lowest BCUT2D eigenvalue weighted by Crippen LogP contribution is -2.39. The van der Waals surface area contributed by atoms with Crippen molar-refractivity contribution >= 4 is 13.9 Å². The van der Waals surface area contributed by atoms with E-state index in [0.29, 0.717) is 12.6 Å². The van der Waals surface area contributed by atoms with E-state index in [4.69, 9.17) is 5.64 Å². The van der Waals surface area contributed by atoms with Crippen LogP contribution in [0.15, 0.2) is 0 Å². The van der Waals surface area contributed by atoms with Gasteiger partial charge >= 0.3 is 0 Å². The third-order valence-electron chi connectivity index (χ3n) is 2.75. The van der Waals surface area contributed by atoms with E-state index >= 15 is 0 Å². The van der Waals surface area contributed by atoms with Crippen LogP contribution >= 0.6 is 0 Å². The number of hydrogen-bond donors (Lipinski definition) is 1. The molecule has 1 nitrogen and oxygen atoms in total. The highest BCUT2D eigenvalue weighted by Crippen LogP contribution is 2.14. The largest absolute Gasteiger partial charge is 0.376 e. The summed E-state index contributed by atoms with van der Waals surface area (Å²) >= 11 is 0. The van der Waals surface area contributed by atoms with E-state index in [1.54, 1.807) is 0 Å². The van der Waals surface area contributed by atoms with Gasteiger partial charge in [0.15, 0.2) is 6.74 Å². The molecule has 0 aromatic rings. The van der Waals surface area contributed by atoms with Crippen LogP contribution in [-0.2, 0) is 0 Å². The summed E-state index contributed by atoms with van der Waals surface area (Å²) in [5, 5.41) is 0. The average Bonchev–Trinajstić information content (AvgIpc) is 2.02. The van der Waals surface area contributed by atoms with Gasteiger partial charge < -0.3 is 5.64 Å². The van der Waals surface area contributed by atoms with Crippen LogP contribution in [-0.4, -0.2) is 13.9 Å². The Morgan fingerprint density at radius 2 is 1.82 bits per heavy atom. The van der Waals surface area contributed by atoms with Gasteiger partial charge in [0.05, 0.1) is 0 Å². The fraction of sp³-hybridized carbons (Fsp3) is 1.00. The molecular weight excluding hydrogens is 132 g/mol. The summed E-state index contributed by atoms with van der Waals surface area (Å²) in [6.07, 6.45) is 2.46. The topological polar surface area (TPSA) is 26.0 Å². The molecule has 0 saturated carbocycles. The van der Waals surface area contributed by atoms with Crippen molar-refractivity contribution in [1.29, 1.82) is 0 Å². The Morgan fingerprint density at radius 3 is 2.18 bits per heavy atom. The Kier molecular flexibility index (Phi) is 5.75. The lowest BCUT2D eigenvalue weighted by Gasteiger charge is -2.16. The zero-order valence-corrected chi connectivity index (χ0v) is 8.43. The van der Waals surface area contributed by atoms with Gasteiger partial charge in [-0.05, 0) is 0 Å². The molecule has 0 radical (unpaired) electrons. The first kappa shape index (κ1) is 11.1. The normalized spacial score (nSPS) is 15.7. The van der Waals surface area contributed by atoms with E-state index in [2.05, 4.69) is 27.7 Å². The Labute approximate surface area is 72.4 Å². The van der Waals surface area contributed by atoms with E-state index in [1.165, 1.54) is 20.0 Å². The molecule has 0 aliphatic rings. The summed E-state index contributed by atoms with van der Waals surface area (Å²) in [5.74, 6) is 1.47. The Balaban J connectivity index is 3.58. The zero-order chi connectivity index (χ0) is 8.85. The second-order valence-corrected chi connectivity index (χ2v) is 3.80. The molecule has 2 N–H and O–H groups in total. The van der Waals surface area contributed by atoms with E-state index in [1.807, 2.05) is 0 Å². The van der Waals surface area contributed by atoms with Gasteiger partial charge in [-0.2, -0.15) is 0 Å². The van der Waals surface area contributed by atoms with Gasteiger partial charge in [0, 0.05) is 0 Å². The molecule has 11 heavy (non-hydrogen) atoms. The van der Waals surface area contributed by atoms with Crippen molar-refractivity contribution in [3.8, 4) is 0 Å². The second-order valence-electron chi connectivity index (χ2n) is 3.80. The van der Waals surface area contributed by atoms with E-state index in [0.717, 1.165) is 5.82 Å². The summed E-state index contributed by atoms with van der Waals surface area (Å²) in [4.78, 5) is 0. The van der Waals surface area contributed by atoms with Crippen LogP contribution in [0.25, 0.3) is 0 Å². The molecule has 0 aliphatic carbocycles. The summed E-state index contributed by atoms with van der Waals surface area (Å²) in [6.45, 7) is 9.37. The smallest absolute Gasteiger partial charge is 0.180 e. The molecular formula is C8H21B2N. The lowest BCUT2D eigenvalue weighted by molar-refractivity contribution is 0.850. The molecule has 0 spiro atoms. The van der Waals surface area contributed by atoms with Crippen LogP contribution < -0.4 is 5.64 Å². The van der Waals surface area contributed by atoms with Crippen LogP contribution in [0.2, 0.25) is 11.6 Å². The zero-order valence-electron chi connectivity index (χ0n) is 8.43. The summed E-state index contributed by atoms with van der Waals surface area (Å²) in [7, 11) is 1.19. The maximum absolute atomic E-state index is 6.00. The minimum atomic E-state index is 0.412. The van der Waals surface area contributed by atoms with E-state index in [9.17, 15) is 0 Å². The molecule has 0 aliphatic heterocycles. The number of nitrogens with two attached hydrogens (primary N) is 1. The molecule has 0 rings (SSSR count). The SMILES string of the molecule is CCC(C)BB(N)C(C)CC. The molecule has 64 valence electrons. The van der Waals surface area contributed by atoms with Gasteiger partial charge in [-0.3, -0.25) is 0 Å². The van der Waals surface area contributed by atoms with Gasteiger partial charge in [-0.25, -0.2) is 0 Å². The van der Waals surface area contributed by atoms with Crippen molar-refractivity contribution in [1.82, 2.24) is 0 Å². The third kappa shape index (κ3) is 4.52. The van der Waals surface area contributed by atoms with Gasteiger partial charge in [0.2, 0.25) is 0 Å². The first-order valence-corrected chi connectivity index (χ1v) is 4.87. The number of rotatable bonds is 5. The van der Waals surface area contributed by atoms with Crippen LogP contribution in [0.5, 0.6) is 0 Å². The van der Waals surface area contributed by atoms with Crippen molar-refractivity contribution in [2.24, 2.45) is 5.64 Å². The molecule has 3 heteroatoms. The summed E-state index contributed by atoms with van der Waals surface area (Å²) in [5.41, 5.74) is 6.00. The molecule has 0 bridgehead atoms. The third-order valence-corrected chi connectivity index (χ3v) is 2.75. The molecule has 0 aromatic heterocycles. The van der Waals surface area contributed by atoms with Crippen LogP contribution in [0.4, 0.5) is 0 Å². The predicted octanol–water partition coefficient (Wildman–Crippen LogP) is 1.89. The molecule has 0 aromatic carbocycles. The van der Waals surface area contributed by atoms with Crippen molar-refractivity contribution < 1.29 is 0 Å². The summed E-state index contributed by atoms with van der Waals surface area (Å²) < 4.78 is 0. The van der Waals surface area contributed by atoms with Crippen LogP contribution in [0, 0.1) is 0 Å². The van der Waals surface area contributed by atoms with Crippen molar-refractivity contribution in [3.05, 3.63) is 0 Å². The standard InChI is InChI=1S/C8H21B2N/c1-5-7(3)9-10(11)8(4)6-2/h7-9H,5-6,11H2,1-4H3. The first-order chi connectivity index (χ1) is 5.11. The van der Waals surface area contributed by atoms with Gasteiger partial charge in [-0.15, -0.1) is 0 Å². The fourth-order valence-electron chi connectivity index (χ4n) is 1.17.